The lowest BCUT2D eigenvalue weighted by Crippen LogP contribution is -2.30. The van der Waals surface area contributed by atoms with E-state index < -0.39 is 5.92 Å². The topological polar surface area (TPSA) is 82.0 Å². The molecule has 2 amide bonds. The average molecular weight is 387 g/mol. The number of phenolic OH excluding ortho intramolecular Hbond substituents is 1. The Balaban J connectivity index is 1.40. The second-order valence-electron chi connectivity index (χ2n) is 7.11. The first-order valence-corrected chi connectivity index (χ1v) is 9.47. The Hall–Kier alpha value is -3.67. The van der Waals surface area contributed by atoms with Crippen molar-refractivity contribution in [2.75, 3.05) is 6.54 Å². The molecule has 29 heavy (non-hydrogen) atoms. The van der Waals surface area contributed by atoms with Crippen LogP contribution < -0.4 is 5.43 Å². The molecule has 4 rings (SSSR count). The molecule has 3 aromatic carbocycles. The predicted molar refractivity (Wildman–Crippen MR) is 111 cm³/mol. The second-order valence-corrected chi connectivity index (χ2v) is 7.11. The van der Waals surface area contributed by atoms with Crippen LogP contribution in [0.5, 0.6) is 5.75 Å². The first kappa shape index (κ1) is 18.7. The number of benzene rings is 3. The Morgan fingerprint density at radius 3 is 2.69 bits per heavy atom. The number of carbonyl (C=O) groups excluding carboxylic acids is 2. The molecule has 1 unspecified atom stereocenters. The summed E-state index contributed by atoms with van der Waals surface area (Å²) in [6.45, 7) is 0.866. The highest BCUT2D eigenvalue weighted by Gasteiger charge is 2.34. The third kappa shape index (κ3) is 4.11. The van der Waals surface area contributed by atoms with Crippen LogP contribution in [0.25, 0.3) is 10.8 Å². The average Bonchev–Trinajstić information content (AvgIpc) is 3.10. The van der Waals surface area contributed by atoms with Crippen LogP contribution in [-0.4, -0.2) is 34.6 Å². The fourth-order valence-corrected chi connectivity index (χ4v) is 3.58. The van der Waals surface area contributed by atoms with Crippen molar-refractivity contribution in [1.29, 1.82) is 0 Å². The first-order chi connectivity index (χ1) is 14.1. The molecule has 1 aliphatic rings. The molecule has 6 heteroatoms. The summed E-state index contributed by atoms with van der Waals surface area (Å²) in [6.07, 6.45) is 1.61. The van der Waals surface area contributed by atoms with Crippen LogP contribution in [0.15, 0.2) is 71.8 Å². The van der Waals surface area contributed by atoms with Gasteiger partial charge in [0.2, 0.25) is 11.8 Å². The molecule has 3 aromatic rings. The third-order valence-electron chi connectivity index (χ3n) is 5.12. The highest BCUT2D eigenvalue weighted by molar-refractivity contribution is 6.02. The normalized spacial score (nSPS) is 16.6. The van der Waals surface area contributed by atoms with E-state index in [1.165, 1.54) is 6.21 Å². The Bertz CT molecular complexity index is 1080. The van der Waals surface area contributed by atoms with Crippen LogP contribution in [0.2, 0.25) is 0 Å². The van der Waals surface area contributed by atoms with E-state index in [0.29, 0.717) is 18.7 Å². The molecule has 1 fully saturated rings. The number of hydrogen-bond donors (Lipinski definition) is 2. The number of nitrogens with one attached hydrogen (secondary N) is 1. The Labute approximate surface area is 168 Å². The van der Waals surface area contributed by atoms with Gasteiger partial charge in [-0.3, -0.25) is 9.59 Å². The van der Waals surface area contributed by atoms with Gasteiger partial charge in [-0.2, -0.15) is 5.10 Å². The zero-order chi connectivity index (χ0) is 20.2. The molecule has 1 atom stereocenters. The maximum atomic E-state index is 12.5. The zero-order valence-electron chi connectivity index (χ0n) is 15.8. The summed E-state index contributed by atoms with van der Waals surface area (Å²) in [4.78, 5) is 26.4. The van der Waals surface area contributed by atoms with E-state index in [2.05, 4.69) is 10.5 Å². The lowest BCUT2D eigenvalue weighted by Gasteiger charge is -2.16. The summed E-state index contributed by atoms with van der Waals surface area (Å²) in [5.41, 5.74) is 4.08. The third-order valence-corrected chi connectivity index (χ3v) is 5.12. The smallest absolute Gasteiger partial charge is 0.245 e. The lowest BCUT2D eigenvalue weighted by atomic mass is 10.0. The van der Waals surface area contributed by atoms with Gasteiger partial charge in [0.25, 0.3) is 0 Å². The number of phenols is 1. The van der Waals surface area contributed by atoms with Crippen molar-refractivity contribution in [3.05, 3.63) is 77.9 Å². The van der Waals surface area contributed by atoms with Crippen molar-refractivity contribution in [3.63, 3.8) is 0 Å². The van der Waals surface area contributed by atoms with Gasteiger partial charge in [-0.25, -0.2) is 5.43 Å². The van der Waals surface area contributed by atoms with Crippen molar-refractivity contribution in [1.82, 2.24) is 10.3 Å². The van der Waals surface area contributed by atoms with Gasteiger partial charge < -0.3 is 10.0 Å². The quantitative estimate of drug-likeness (QED) is 0.521. The number of nitrogens with zero attached hydrogens (tertiary/aromatic N) is 2. The van der Waals surface area contributed by atoms with Crippen molar-refractivity contribution in [3.8, 4) is 5.75 Å². The van der Waals surface area contributed by atoms with E-state index in [0.717, 1.165) is 16.3 Å². The van der Waals surface area contributed by atoms with Gasteiger partial charge in [-0.15, -0.1) is 0 Å². The predicted octanol–water partition coefficient (Wildman–Crippen LogP) is 3.04. The van der Waals surface area contributed by atoms with Crippen LogP contribution in [0.4, 0.5) is 0 Å². The lowest BCUT2D eigenvalue weighted by molar-refractivity contribution is -0.129. The van der Waals surface area contributed by atoms with Gasteiger partial charge in [0, 0.05) is 25.1 Å². The van der Waals surface area contributed by atoms with E-state index in [4.69, 9.17) is 0 Å². The molecule has 0 aromatic heterocycles. The number of amides is 2. The number of aromatic hydroxyl groups is 1. The summed E-state index contributed by atoms with van der Waals surface area (Å²) < 4.78 is 0. The number of fused-ring (bicyclic) bond motifs is 1. The molecule has 0 radical (unpaired) electrons. The summed E-state index contributed by atoms with van der Waals surface area (Å²) in [5.74, 6) is -0.689. The van der Waals surface area contributed by atoms with Gasteiger partial charge in [-0.05, 0) is 22.4 Å². The molecular weight excluding hydrogens is 366 g/mol. The summed E-state index contributed by atoms with van der Waals surface area (Å²) in [7, 11) is 0. The summed E-state index contributed by atoms with van der Waals surface area (Å²) in [5, 5.41) is 16.0. The monoisotopic (exact) mass is 387 g/mol. The molecule has 0 aliphatic carbocycles. The fourth-order valence-electron chi connectivity index (χ4n) is 3.58. The molecule has 0 saturated carbocycles. The van der Waals surface area contributed by atoms with Crippen LogP contribution in [-0.2, 0) is 16.1 Å². The van der Waals surface area contributed by atoms with Crippen LogP contribution in [0.3, 0.4) is 0 Å². The molecule has 1 aliphatic heterocycles. The minimum atomic E-state index is -0.440. The molecule has 6 nitrogen and oxygen atoms in total. The molecule has 146 valence electrons. The number of hydrogen-bond acceptors (Lipinski definition) is 4. The minimum Gasteiger partial charge on any atom is -0.507 e. The molecule has 1 saturated heterocycles. The van der Waals surface area contributed by atoms with E-state index >= 15 is 0 Å². The van der Waals surface area contributed by atoms with Crippen molar-refractivity contribution in [2.45, 2.75) is 13.0 Å². The van der Waals surface area contributed by atoms with Crippen molar-refractivity contribution >= 4 is 28.8 Å². The highest BCUT2D eigenvalue weighted by Crippen LogP contribution is 2.25. The number of rotatable bonds is 5. The second kappa shape index (κ2) is 8.14. The largest absolute Gasteiger partial charge is 0.507 e. The van der Waals surface area contributed by atoms with Crippen LogP contribution in [0, 0.1) is 5.92 Å². The molecule has 0 spiro atoms. The molecule has 0 bridgehead atoms. The highest BCUT2D eigenvalue weighted by atomic mass is 16.3. The maximum absolute atomic E-state index is 12.5. The van der Waals surface area contributed by atoms with Crippen molar-refractivity contribution in [2.24, 2.45) is 11.0 Å². The fraction of sp³-hybridized carbons (Fsp3) is 0.174. The van der Waals surface area contributed by atoms with E-state index in [-0.39, 0.29) is 24.0 Å². The number of carbonyl (C=O) groups is 2. The van der Waals surface area contributed by atoms with Gasteiger partial charge >= 0.3 is 0 Å². The molecule has 2 N–H and O–H groups in total. The summed E-state index contributed by atoms with van der Waals surface area (Å²) in [6, 6.07) is 20.7. The van der Waals surface area contributed by atoms with Gasteiger partial charge in [0.05, 0.1) is 12.1 Å². The molecular formula is C23H21N3O3. The first-order valence-electron chi connectivity index (χ1n) is 9.47. The standard InChI is InChI=1S/C23H21N3O3/c27-21-11-10-17-8-4-5-9-19(17)20(21)13-24-25-23(29)18-12-22(28)26(15-18)14-16-6-2-1-3-7-16/h1-11,13,18,27H,12,14-15H2,(H,25,29)/b24-13+. The van der Waals surface area contributed by atoms with Crippen molar-refractivity contribution < 1.29 is 14.7 Å². The van der Waals surface area contributed by atoms with E-state index in [9.17, 15) is 14.7 Å². The Morgan fingerprint density at radius 2 is 1.86 bits per heavy atom. The zero-order valence-corrected chi connectivity index (χ0v) is 15.8. The molecule has 1 heterocycles. The minimum absolute atomic E-state index is 0.0373. The van der Waals surface area contributed by atoms with Crippen LogP contribution in [0.1, 0.15) is 17.5 Å². The van der Waals surface area contributed by atoms with E-state index in [1.54, 1.807) is 11.0 Å². The van der Waals surface area contributed by atoms with E-state index in [1.807, 2.05) is 60.7 Å². The Morgan fingerprint density at radius 1 is 1.10 bits per heavy atom. The Kier molecular flexibility index (Phi) is 5.24. The van der Waals surface area contributed by atoms with Gasteiger partial charge in [0.15, 0.2) is 0 Å². The summed E-state index contributed by atoms with van der Waals surface area (Å²) >= 11 is 0. The van der Waals surface area contributed by atoms with Crippen LogP contribution >= 0.6 is 0 Å². The SMILES string of the molecule is O=C(N/N=C/c1c(O)ccc2ccccc12)C1CC(=O)N(Cc2ccccc2)C1. The van der Waals surface area contributed by atoms with Gasteiger partial charge in [-0.1, -0.05) is 60.7 Å². The maximum Gasteiger partial charge on any atom is 0.245 e. The number of hydrazone groups is 1. The number of likely N-dealkylation sites (tertiary alicyclic amines) is 1. The van der Waals surface area contributed by atoms with Gasteiger partial charge in [0.1, 0.15) is 5.75 Å².